The van der Waals surface area contributed by atoms with E-state index in [2.05, 4.69) is 20.5 Å². The highest BCUT2D eigenvalue weighted by Crippen LogP contribution is 2.14. The molecular weight excluding hydrogens is 171 g/mol. The fourth-order valence-electron chi connectivity index (χ4n) is 0.0417. The fourth-order valence-corrected chi connectivity index (χ4v) is 0.651. The Morgan fingerprint density at radius 3 is 2.50 bits per heavy atom. The minimum absolute atomic E-state index is 0.110. The third-order valence-electron chi connectivity index (χ3n) is 0.159. The third-order valence-corrected chi connectivity index (χ3v) is 1.09. The molecule has 0 aromatic carbocycles. The highest BCUT2D eigenvalue weighted by molar-refractivity contribution is 9.09. The van der Waals surface area contributed by atoms with Gasteiger partial charge in [-0.15, -0.1) is 9.42 Å². The van der Waals surface area contributed by atoms with Crippen molar-refractivity contribution in [1.29, 1.82) is 0 Å². The second-order valence-corrected chi connectivity index (χ2v) is 1.67. The smallest absolute Gasteiger partial charge is 0.133 e. The van der Waals surface area contributed by atoms with E-state index >= 15 is 0 Å². The van der Waals surface area contributed by atoms with E-state index in [1.165, 1.54) is 0 Å². The summed E-state index contributed by atoms with van der Waals surface area (Å²) in [4.78, 5) is 7.81. The molecule has 0 spiro atoms. The first-order chi connectivity index (χ1) is 2.77. The monoisotopic (exact) mass is 173 g/mol. The number of hydrogen-bond acceptors (Lipinski definition) is 2. The van der Waals surface area contributed by atoms with Gasteiger partial charge in [0.05, 0.1) is 0 Å². The number of alkyl halides is 1. The second-order valence-electron chi connectivity index (χ2n) is 0.476. The van der Waals surface area contributed by atoms with Gasteiger partial charge in [-0.1, -0.05) is 15.9 Å². The van der Waals surface area contributed by atoms with Gasteiger partial charge in [-0.2, -0.15) is 0 Å². The SMILES string of the molecule is O=[P+](O)OCBr. The Morgan fingerprint density at radius 2 is 2.50 bits per heavy atom. The molecule has 36 valence electrons. The number of hydrogen-bond donors (Lipinski definition) is 1. The van der Waals surface area contributed by atoms with E-state index in [1.807, 2.05) is 0 Å². The van der Waals surface area contributed by atoms with Gasteiger partial charge in [0.2, 0.25) is 0 Å². The lowest BCUT2D eigenvalue weighted by Gasteiger charge is -1.66. The maximum Gasteiger partial charge on any atom is 0.695 e. The minimum atomic E-state index is -2.40. The van der Waals surface area contributed by atoms with E-state index in [9.17, 15) is 4.57 Å². The number of rotatable bonds is 2. The molecule has 0 aliphatic heterocycles. The largest absolute Gasteiger partial charge is 0.695 e. The zero-order valence-corrected chi connectivity index (χ0v) is 5.28. The molecule has 0 aromatic rings. The second kappa shape index (κ2) is 3.68. The Morgan fingerprint density at radius 1 is 2.00 bits per heavy atom. The summed E-state index contributed by atoms with van der Waals surface area (Å²) in [7, 11) is -2.40. The first-order valence-corrected chi connectivity index (χ1v) is 3.37. The average Bonchev–Trinajstić information content (AvgIpc) is 1.35. The van der Waals surface area contributed by atoms with Crippen LogP contribution in [0.25, 0.3) is 0 Å². The van der Waals surface area contributed by atoms with Crippen molar-refractivity contribution in [2.75, 3.05) is 5.52 Å². The van der Waals surface area contributed by atoms with Crippen LogP contribution in [0.3, 0.4) is 0 Å². The minimum Gasteiger partial charge on any atom is -0.133 e. The quantitative estimate of drug-likeness (QED) is 0.501. The Bertz CT molecular complexity index is 54.8. The molecule has 0 fully saturated rings. The Hall–Kier alpha value is 0.500. The Balaban J connectivity index is 2.83. The molecule has 0 radical (unpaired) electrons. The molecule has 1 atom stereocenters. The van der Waals surface area contributed by atoms with Crippen LogP contribution in [0.4, 0.5) is 0 Å². The maximum atomic E-state index is 9.50. The van der Waals surface area contributed by atoms with Crippen LogP contribution in [0.1, 0.15) is 0 Å². The van der Waals surface area contributed by atoms with E-state index in [0.717, 1.165) is 0 Å². The van der Waals surface area contributed by atoms with Gasteiger partial charge in [-0.3, -0.25) is 0 Å². The summed E-state index contributed by atoms with van der Waals surface area (Å²) in [6, 6.07) is 0. The van der Waals surface area contributed by atoms with Crippen molar-refractivity contribution >= 4 is 24.2 Å². The Kier molecular flexibility index (Phi) is 3.99. The summed E-state index contributed by atoms with van der Waals surface area (Å²) in [5, 5.41) is 0. The first kappa shape index (κ1) is 6.50. The van der Waals surface area contributed by atoms with Crippen LogP contribution in [0.2, 0.25) is 0 Å². The molecular formula is CH3BrO3P+. The summed E-state index contributed by atoms with van der Waals surface area (Å²) in [5.41, 5.74) is 0.110. The molecule has 5 heteroatoms. The standard InChI is InChI=1S/CH2BrO3P/c2-1-5-6(3)4/h1H2/p+1. The van der Waals surface area contributed by atoms with E-state index in [4.69, 9.17) is 4.89 Å². The van der Waals surface area contributed by atoms with Crippen LogP contribution < -0.4 is 0 Å². The summed E-state index contributed by atoms with van der Waals surface area (Å²) in [6.45, 7) is 0. The fraction of sp³-hybridized carbons (Fsp3) is 1.00. The van der Waals surface area contributed by atoms with Gasteiger partial charge in [-0.25, -0.2) is 0 Å². The summed E-state index contributed by atoms with van der Waals surface area (Å²) in [5.74, 6) is 0. The van der Waals surface area contributed by atoms with Gasteiger partial charge in [-0.05, 0) is 0 Å². The molecule has 3 nitrogen and oxygen atoms in total. The predicted octanol–water partition coefficient (Wildman–Crippen LogP) is 1.01. The average molecular weight is 174 g/mol. The van der Waals surface area contributed by atoms with E-state index in [-0.39, 0.29) is 5.52 Å². The lowest BCUT2D eigenvalue weighted by molar-refractivity contribution is 0.334. The van der Waals surface area contributed by atoms with Crippen LogP contribution in [0.15, 0.2) is 0 Å². The molecule has 0 heterocycles. The molecule has 1 N–H and O–H groups in total. The van der Waals surface area contributed by atoms with Gasteiger partial charge >= 0.3 is 8.25 Å². The molecule has 0 amide bonds. The van der Waals surface area contributed by atoms with Crippen molar-refractivity contribution in [3.63, 3.8) is 0 Å². The van der Waals surface area contributed by atoms with Crippen molar-refractivity contribution in [3.8, 4) is 0 Å². The van der Waals surface area contributed by atoms with Crippen molar-refractivity contribution < 1.29 is 14.0 Å². The highest BCUT2D eigenvalue weighted by Gasteiger charge is 2.07. The van der Waals surface area contributed by atoms with Crippen LogP contribution in [0.5, 0.6) is 0 Å². The third kappa shape index (κ3) is 4.50. The van der Waals surface area contributed by atoms with Crippen molar-refractivity contribution in [1.82, 2.24) is 0 Å². The van der Waals surface area contributed by atoms with Gasteiger partial charge in [0.1, 0.15) is 0 Å². The molecule has 1 unspecified atom stereocenters. The van der Waals surface area contributed by atoms with E-state index in [0.29, 0.717) is 0 Å². The van der Waals surface area contributed by atoms with E-state index in [1.54, 1.807) is 0 Å². The summed E-state index contributed by atoms with van der Waals surface area (Å²) < 4.78 is 13.5. The first-order valence-electron chi connectivity index (χ1n) is 1.12. The van der Waals surface area contributed by atoms with Crippen LogP contribution in [-0.2, 0) is 9.09 Å². The lowest BCUT2D eigenvalue weighted by atomic mass is 11.8. The van der Waals surface area contributed by atoms with Gasteiger partial charge in [0.25, 0.3) is 0 Å². The van der Waals surface area contributed by atoms with Crippen molar-refractivity contribution in [2.24, 2.45) is 0 Å². The van der Waals surface area contributed by atoms with Gasteiger partial charge in [0.15, 0.2) is 5.52 Å². The topological polar surface area (TPSA) is 46.5 Å². The molecule has 6 heavy (non-hydrogen) atoms. The normalized spacial score (nSPS) is 11.3. The van der Waals surface area contributed by atoms with E-state index < -0.39 is 8.25 Å². The highest BCUT2D eigenvalue weighted by atomic mass is 79.9. The molecule has 0 bridgehead atoms. The number of halogens is 1. The van der Waals surface area contributed by atoms with Crippen molar-refractivity contribution in [2.45, 2.75) is 0 Å². The van der Waals surface area contributed by atoms with Crippen LogP contribution in [-0.4, -0.2) is 10.4 Å². The lowest BCUT2D eigenvalue weighted by Crippen LogP contribution is -1.67. The zero-order chi connectivity index (χ0) is 4.99. The molecule has 0 rings (SSSR count). The zero-order valence-electron chi connectivity index (χ0n) is 2.80. The molecule has 0 aromatic heterocycles. The molecule has 0 aliphatic carbocycles. The summed E-state index contributed by atoms with van der Waals surface area (Å²) >= 11 is 2.78. The molecule has 0 saturated heterocycles. The van der Waals surface area contributed by atoms with Crippen molar-refractivity contribution in [3.05, 3.63) is 0 Å². The predicted molar refractivity (Wildman–Crippen MR) is 24.7 cm³/mol. The van der Waals surface area contributed by atoms with Gasteiger partial charge < -0.3 is 0 Å². The Labute approximate surface area is 44.4 Å². The van der Waals surface area contributed by atoms with Crippen LogP contribution >= 0.6 is 24.2 Å². The maximum absolute atomic E-state index is 9.50. The summed E-state index contributed by atoms with van der Waals surface area (Å²) in [6.07, 6.45) is 0. The van der Waals surface area contributed by atoms with Gasteiger partial charge in [0, 0.05) is 4.57 Å². The molecule has 0 saturated carbocycles. The molecule has 0 aliphatic rings. The van der Waals surface area contributed by atoms with Crippen LogP contribution in [0, 0.1) is 0 Å².